The van der Waals surface area contributed by atoms with Crippen molar-refractivity contribution in [2.45, 2.75) is 141 Å². The Morgan fingerprint density at radius 1 is 1.06 bits per heavy atom. The lowest BCUT2D eigenvalue weighted by Crippen LogP contribution is -2.60. The summed E-state index contributed by atoms with van der Waals surface area (Å²) in [5.74, 6) is -3.08. The van der Waals surface area contributed by atoms with Crippen LogP contribution in [0.3, 0.4) is 0 Å². The number of carbonyl (C=O) groups is 2. The van der Waals surface area contributed by atoms with Crippen LogP contribution in [0.4, 0.5) is 9.18 Å². The number of carbonyl (C=O) groups excluding carboxylic acids is 2. The number of aliphatic hydroxyl groups excluding tert-OH is 1. The Hall–Kier alpha value is -4.13. The van der Waals surface area contributed by atoms with Crippen molar-refractivity contribution in [3.8, 4) is 11.3 Å². The first-order valence-corrected chi connectivity index (χ1v) is 22.4. The van der Waals surface area contributed by atoms with Crippen LogP contribution in [0.1, 0.15) is 80.3 Å². The number of nitrogens with zero attached hydrogens (tertiary/aromatic N) is 6. The average Bonchev–Trinajstić information content (AvgIpc) is 3.39. The summed E-state index contributed by atoms with van der Waals surface area (Å²) in [6.07, 6.45) is -2.39. The SMILES string of the molecule is CC[C@H]1OC(=O)[C@H](C)[C@H]2OC/C(=N\OCc3cccc(-c4cccnc4F)n3)CO[C@](C)(C[C@@H](C)C3=NCCN4C(=O)O[C@@]1(C)[C@H]4[C@H]3C)[C@H](O[C@H]1O[C@@H](C)C[C@@H](N(C)C)[C@@H]1O)[C@H]2C. The van der Waals surface area contributed by atoms with Crippen molar-refractivity contribution in [1.82, 2.24) is 19.8 Å². The molecule has 0 spiro atoms. The van der Waals surface area contributed by atoms with Crippen molar-refractivity contribution in [2.75, 3.05) is 40.4 Å². The number of oxime groups is 1. The highest BCUT2D eigenvalue weighted by Gasteiger charge is 2.60. The maximum absolute atomic E-state index is 14.6. The lowest BCUT2D eigenvalue weighted by atomic mass is 9.72. The number of aliphatic hydroxyl groups is 1. The van der Waals surface area contributed by atoms with Crippen molar-refractivity contribution in [1.29, 1.82) is 0 Å². The van der Waals surface area contributed by atoms with E-state index in [9.17, 15) is 19.1 Å². The van der Waals surface area contributed by atoms with E-state index in [1.54, 1.807) is 42.2 Å². The zero-order valence-electron chi connectivity index (χ0n) is 38.2. The molecule has 7 rings (SSSR count). The van der Waals surface area contributed by atoms with Gasteiger partial charge in [-0.1, -0.05) is 38.9 Å². The van der Waals surface area contributed by atoms with Crippen LogP contribution >= 0.6 is 0 Å². The number of esters is 1. The van der Waals surface area contributed by atoms with E-state index in [1.165, 1.54) is 6.20 Å². The highest BCUT2D eigenvalue weighted by molar-refractivity contribution is 5.91. The second-order valence-electron chi connectivity index (χ2n) is 18.7. The summed E-state index contributed by atoms with van der Waals surface area (Å²) in [6, 6.07) is 7.76. The Morgan fingerprint density at radius 2 is 1.84 bits per heavy atom. The highest BCUT2D eigenvalue weighted by Crippen LogP contribution is 2.45. The van der Waals surface area contributed by atoms with Gasteiger partial charge in [0, 0.05) is 36.3 Å². The largest absolute Gasteiger partial charge is 0.458 e. The summed E-state index contributed by atoms with van der Waals surface area (Å²) < 4.78 is 54.4. The first-order chi connectivity index (χ1) is 29.9. The number of ether oxygens (including phenoxy) is 6. The molecule has 4 fully saturated rings. The van der Waals surface area contributed by atoms with Crippen molar-refractivity contribution in [2.24, 2.45) is 33.8 Å². The second kappa shape index (κ2) is 19.1. The summed E-state index contributed by atoms with van der Waals surface area (Å²) in [6.45, 7) is 16.2. The van der Waals surface area contributed by atoms with Crippen LogP contribution in [0.2, 0.25) is 0 Å². The van der Waals surface area contributed by atoms with Gasteiger partial charge in [0.05, 0.1) is 72.6 Å². The molecule has 1 N–H and O–H groups in total. The number of amides is 1. The Balaban J connectivity index is 1.28. The number of halogens is 1. The zero-order chi connectivity index (χ0) is 45.4. The molecule has 1 amide bonds. The third-order valence-corrected chi connectivity index (χ3v) is 13.8. The molecule has 17 heteroatoms. The van der Waals surface area contributed by atoms with Gasteiger partial charge in [-0.2, -0.15) is 4.39 Å². The molecule has 0 unspecified atom stereocenters. The highest BCUT2D eigenvalue weighted by atomic mass is 19.1. The van der Waals surface area contributed by atoms with Gasteiger partial charge in [0.15, 0.2) is 18.5 Å². The van der Waals surface area contributed by atoms with Gasteiger partial charge in [-0.25, -0.2) is 14.8 Å². The van der Waals surface area contributed by atoms with Gasteiger partial charge in [0.1, 0.15) is 17.9 Å². The van der Waals surface area contributed by atoms with Crippen LogP contribution < -0.4 is 0 Å². The fourth-order valence-electron chi connectivity index (χ4n) is 10.7. The number of fused-ring (bicyclic) bond motifs is 4. The summed E-state index contributed by atoms with van der Waals surface area (Å²) in [7, 11) is 3.84. The molecule has 2 aromatic heterocycles. The van der Waals surface area contributed by atoms with E-state index >= 15 is 0 Å². The fourth-order valence-corrected chi connectivity index (χ4v) is 10.7. The number of cyclic esters (lactones) is 1. The molecule has 0 radical (unpaired) electrons. The Bertz CT molecular complexity index is 2020. The third kappa shape index (κ3) is 9.50. The minimum absolute atomic E-state index is 0.0401. The molecular formula is C46H65FN6O10. The van der Waals surface area contributed by atoms with Crippen LogP contribution in [0.25, 0.3) is 11.3 Å². The van der Waals surface area contributed by atoms with Gasteiger partial charge in [-0.05, 0) is 91.2 Å². The Morgan fingerprint density at radius 3 is 2.57 bits per heavy atom. The Labute approximate surface area is 369 Å². The number of hydrogen-bond acceptors (Lipinski definition) is 15. The van der Waals surface area contributed by atoms with Crippen LogP contribution in [0.15, 0.2) is 46.7 Å². The monoisotopic (exact) mass is 880 g/mol. The van der Waals surface area contributed by atoms with Crippen LogP contribution in [-0.2, 0) is 44.7 Å². The van der Waals surface area contributed by atoms with Gasteiger partial charge >= 0.3 is 12.1 Å². The second-order valence-corrected chi connectivity index (χ2v) is 18.7. The molecule has 4 saturated heterocycles. The molecule has 0 saturated carbocycles. The maximum Gasteiger partial charge on any atom is 0.410 e. The van der Waals surface area contributed by atoms with Crippen LogP contribution in [0, 0.1) is 29.6 Å². The number of pyridine rings is 2. The van der Waals surface area contributed by atoms with E-state index in [0.717, 1.165) is 5.71 Å². The van der Waals surface area contributed by atoms with Crippen molar-refractivity contribution in [3.05, 3.63) is 48.2 Å². The molecule has 4 bridgehead atoms. The molecule has 2 aromatic rings. The number of aliphatic imine (C=N–C) groups is 1. The number of hydrogen-bond donors (Lipinski definition) is 1. The van der Waals surface area contributed by atoms with Crippen LogP contribution in [0.5, 0.6) is 0 Å². The summed E-state index contributed by atoms with van der Waals surface area (Å²) in [5, 5.41) is 16.3. The van der Waals surface area contributed by atoms with Gasteiger partial charge in [0.25, 0.3) is 0 Å². The van der Waals surface area contributed by atoms with Crippen molar-refractivity contribution in [3.63, 3.8) is 0 Å². The van der Waals surface area contributed by atoms with Gasteiger partial charge in [0.2, 0.25) is 5.95 Å². The smallest absolute Gasteiger partial charge is 0.410 e. The first kappa shape index (κ1) is 46.9. The normalized spacial score (nSPS) is 38.5. The summed E-state index contributed by atoms with van der Waals surface area (Å²) in [4.78, 5) is 51.2. The van der Waals surface area contributed by atoms with Crippen molar-refractivity contribution >= 4 is 23.5 Å². The molecule has 14 atom stereocenters. The minimum atomic E-state index is -1.16. The molecular weight excluding hydrogens is 816 g/mol. The molecule has 16 nitrogen and oxygen atoms in total. The maximum atomic E-state index is 14.6. The lowest BCUT2D eigenvalue weighted by molar-refractivity contribution is -0.302. The minimum Gasteiger partial charge on any atom is -0.458 e. The van der Waals surface area contributed by atoms with Crippen molar-refractivity contribution < 1.29 is 52.3 Å². The molecule has 7 heterocycles. The van der Waals surface area contributed by atoms with E-state index in [0.29, 0.717) is 49.5 Å². The predicted molar refractivity (Wildman–Crippen MR) is 230 cm³/mol. The Kier molecular flexibility index (Phi) is 14.2. The quantitative estimate of drug-likeness (QED) is 0.202. The molecule has 63 heavy (non-hydrogen) atoms. The van der Waals surface area contributed by atoms with E-state index < -0.39 is 77.8 Å². The lowest BCUT2D eigenvalue weighted by Gasteiger charge is -2.48. The summed E-state index contributed by atoms with van der Waals surface area (Å²) >= 11 is 0. The third-order valence-electron chi connectivity index (χ3n) is 13.8. The molecule has 346 valence electrons. The molecule has 0 aliphatic carbocycles. The van der Waals surface area contributed by atoms with E-state index in [-0.39, 0.29) is 49.4 Å². The van der Waals surface area contributed by atoms with Crippen LogP contribution in [-0.4, -0.2) is 149 Å². The fraction of sp³-hybridized carbons (Fsp3) is 0.696. The van der Waals surface area contributed by atoms with E-state index in [1.807, 2.05) is 53.6 Å². The van der Waals surface area contributed by atoms with Gasteiger partial charge in [-0.3, -0.25) is 14.7 Å². The summed E-state index contributed by atoms with van der Waals surface area (Å²) in [5.41, 5.74) is 0.150. The number of rotatable bonds is 8. The number of likely N-dealkylation sites (N-methyl/N-ethyl adjacent to an activating group) is 1. The molecule has 5 aliphatic heterocycles. The molecule has 5 aliphatic rings. The first-order valence-electron chi connectivity index (χ1n) is 22.4. The van der Waals surface area contributed by atoms with E-state index in [2.05, 4.69) is 29.0 Å². The van der Waals surface area contributed by atoms with Gasteiger partial charge in [-0.15, -0.1) is 0 Å². The van der Waals surface area contributed by atoms with Gasteiger partial charge < -0.3 is 43.3 Å². The standard InChI is InChI=1S/C46H65FN6O10/c1-11-35-46(8)39-27(4)36(48-18-19-53(39)44(56)63-46)25(2)21-45(7)40(62-43-37(54)34(52(9)10)20-26(3)60-43)28(5)38(29(6)42(55)61-35)57-22-31(23-58-45)51-59-24-30-14-12-16-33(50-30)32-15-13-17-49-41(32)47/h12-17,25-29,34-35,37-40,43,54H,11,18-24H2,1-10H3/b51-31+/t25-,26+,27+,28+,29-,34-,35-,37+,38+,39-,40-,43-,45-,46-/m1/s1. The molecule has 0 aromatic carbocycles. The predicted octanol–water partition coefficient (Wildman–Crippen LogP) is 5.44. The average molecular weight is 881 g/mol. The topological polar surface area (TPSA) is 176 Å². The van der Waals surface area contributed by atoms with E-state index in [4.69, 9.17) is 38.3 Å². The zero-order valence-corrected chi connectivity index (χ0v) is 38.2. The number of aromatic nitrogens is 2.